The Bertz CT molecular complexity index is 593. The number of rotatable bonds is 4. The molecule has 0 radical (unpaired) electrons. The van der Waals surface area contributed by atoms with Crippen LogP contribution in [0.25, 0.3) is 0 Å². The van der Waals surface area contributed by atoms with Gasteiger partial charge in [0, 0.05) is 45.0 Å². The van der Waals surface area contributed by atoms with Gasteiger partial charge < -0.3 is 15.5 Å². The normalized spacial score (nSPS) is 15.4. The molecule has 0 unspecified atom stereocenters. The fraction of sp³-hybridized carbons (Fsp3) is 0.500. The zero-order chi connectivity index (χ0) is 17.0. The fourth-order valence-corrected chi connectivity index (χ4v) is 2.41. The third kappa shape index (κ3) is 4.06. The van der Waals surface area contributed by atoms with Crippen molar-refractivity contribution in [3.05, 3.63) is 30.1 Å². The summed E-state index contributed by atoms with van der Waals surface area (Å²) in [5.41, 5.74) is 4.99. The molecule has 0 aliphatic carbocycles. The van der Waals surface area contributed by atoms with E-state index in [-0.39, 0.29) is 18.2 Å². The summed E-state index contributed by atoms with van der Waals surface area (Å²) < 4.78 is 0. The fourth-order valence-electron chi connectivity index (χ4n) is 2.41. The van der Waals surface area contributed by atoms with Crippen LogP contribution in [-0.4, -0.2) is 58.7 Å². The van der Waals surface area contributed by atoms with Gasteiger partial charge in [0.25, 0.3) is 5.91 Å². The molecule has 7 nitrogen and oxygen atoms in total. The Labute approximate surface area is 135 Å². The molecule has 1 aromatic heterocycles. The van der Waals surface area contributed by atoms with Crippen LogP contribution >= 0.6 is 0 Å². The Balaban J connectivity index is 1.90. The molecule has 0 atom stereocenters. The Hall–Kier alpha value is -2.44. The summed E-state index contributed by atoms with van der Waals surface area (Å²) in [6.45, 7) is 5.18. The molecule has 1 fully saturated rings. The standard InChI is InChI=1S/C16H22N4O3/c1-16(2,15(17)23)10-13(21)19-6-8-20(9-7-19)14(22)12-4-3-5-18-11-12/h3-5,11H,6-10H2,1-2H3,(H2,17,23). The molecule has 124 valence electrons. The Morgan fingerprint density at radius 3 is 2.30 bits per heavy atom. The Morgan fingerprint density at radius 1 is 1.17 bits per heavy atom. The number of carbonyl (C=O) groups is 3. The molecule has 0 bridgehead atoms. The summed E-state index contributed by atoms with van der Waals surface area (Å²) in [5, 5.41) is 0. The number of aromatic nitrogens is 1. The highest BCUT2D eigenvalue weighted by Gasteiger charge is 2.32. The minimum absolute atomic E-state index is 0.0809. The first kappa shape index (κ1) is 16.9. The molecule has 1 saturated heterocycles. The van der Waals surface area contributed by atoms with Gasteiger partial charge in [-0.05, 0) is 12.1 Å². The predicted molar refractivity (Wildman–Crippen MR) is 84.3 cm³/mol. The maximum absolute atomic E-state index is 12.3. The van der Waals surface area contributed by atoms with Crippen molar-refractivity contribution in [1.29, 1.82) is 0 Å². The van der Waals surface area contributed by atoms with E-state index in [9.17, 15) is 14.4 Å². The highest BCUT2D eigenvalue weighted by atomic mass is 16.2. The minimum atomic E-state index is -0.861. The van der Waals surface area contributed by atoms with Crippen molar-refractivity contribution in [2.24, 2.45) is 11.1 Å². The zero-order valence-corrected chi connectivity index (χ0v) is 13.5. The lowest BCUT2D eigenvalue weighted by Crippen LogP contribution is -2.51. The molecular weight excluding hydrogens is 296 g/mol. The number of piperazine rings is 1. The molecule has 1 aromatic rings. The van der Waals surface area contributed by atoms with E-state index in [1.54, 1.807) is 42.0 Å². The lowest BCUT2D eigenvalue weighted by Gasteiger charge is -2.36. The SMILES string of the molecule is CC(C)(CC(=O)N1CCN(C(=O)c2cccnc2)CC1)C(N)=O. The summed E-state index contributed by atoms with van der Waals surface area (Å²) in [6.07, 6.45) is 3.24. The van der Waals surface area contributed by atoms with Gasteiger partial charge >= 0.3 is 0 Å². The summed E-state index contributed by atoms with van der Waals surface area (Å²) in [6, 6.07) is 3.45. The van der Waals surface area contributed by atoms with Gasteiger partial charge in [0.1, 0.15) is 0 Å². The van der Waals surface area contributed by atoms with Gasteiger partial charge in [-0.1, -0.05) is 13.8 Å². The maximum Gasteiger partial charge on any atom is 0.255 e. The van der Waals surface area contributed by atoms with Gasteiger partial charge in [-0.15, -0.1) is 0 Å². The van der Waals surface area contributed by atoms with Gasteiger partial charge in [0.15, 0.2) is 0 Å². The molecular formula is C16H22N4O3. The molecule has 0 saturated carbocycles. The maximum atomic E-state index is 12.3. The van der Waals surface area contributed by atoms with Crippen molar-refractivity contribution < 1.29 is 14.4 Å². The van der Waals surface area contributed by atoms with Gasteiger partial charge in [-0.25, -0.2) is 0 Å². The first-order valence-corrected chi connectivity index (χ1v) is 7.58. The van der Waals surface area contributed by atoms with Crippen molar-refractivity contribution in [1.82, 2.24) is 14.8 Å². The molecule has 3 amide bonds. The van der Waals surface area contributed by atoms with Crippen LogP contribution in [0.1, 0.15) is 30.6 Å². The number of hydrogen-bond donors (Lipinski definition) is 1. The van der Waals surface area contributed by atoms with Crippen molar-refractivity contribution in [3.63, 3.8) is 0 Å². The van der Waals surface area contributed by atoms with Crippen LogP contribution in [0.3, 0.4) is 0 Å². The lowest BCUT2D eigenvalue weighted by atomic mass is 9.88. The smallest absolute Gasteiger partial charge is 0.255 e. The Morgan fingerprint density at radius 2 is 1.78 bits per heavy atom. The molecule has 2 N–H and O–H groups in total. The van der Waals surface area contributed by atoms with Crippen molar-refractivity contribution in [2.75, 3.05) is 26.2 Å². The number of amides is 3. The highest BCUT2D eigenvalue weighted by Crippen LogP contribution is 2.21. The number of carbonyl (C=O) groups excluding carboxylic acids is 3. The summed E-state index contributed by atoms with van der Waals surface area (Å²) in [5.74, 6) is -0.679. The van der Waals surface area contributed by atoms with Gasteiger partial charge in [0.05, 0.1) is 11.0 Å². The van der Waals surface area contributed by atoms with Crippen LogP contribution in [0, 0.1) is 5.41 Å². The average molecular weight is 318 g/mol. The van der Waals surface area contributed by atoms with Crippen LogP contribution in [0.2, 0.25) is 0 Å². The summed E-state index contributed by atoms with van der Waals surface area (Å²) >= 11 is 0. The van der Waals surface area contributed by atoms with Crippen molar-refractivity contribution in [2.45, 2.75) is 20.3 Å². The molecule has 2 heterocycles. The second-order valence-corrected chi connectivity index (χ2v) is 6.34. The largest absolute Gasteiger partial charge is 0.369 e. The number of nitrogens with zero attached hydrogens (tertiary/aromatic N) is 3. The van der Waals surface area contributed by atoms with Crippen LogP contribution in [-0.2, 0) is 9.59 Å². The lowest BCUT2D eigenvalue weighted by molar-refractivity contribution is -0.139. The van der Waals surface area contributed by atoms with Gasteiger partial charge in [-0.3, -0.25) is 19.4 Å². The van der Waals surface area contributed by atoms with Crippen molar-refractivity contribution in [3.8, 4) is 0 Å². The third-order valence-electron chi connectivity index (χ3n) is 4.09. The van der Waals surface area contributed by atoms with Gasteiger partial charge in [-0.2, -0.15) is 0 Å². The molecule has 0 aromatic carbocycles. The molecule has 7 heteroatoms. The van der Waals surface area contributed by atoms with Crippen LogP contribution in [0.4, 0.5) is 0 Å². The first-order chi connectivity index (χ1) is 10.8. The van der Waals surface area contributed by atoms with E-state index < -0.39 is 11.3 Å². The second-order valence-electron chi connectivity index (χ2n) is 6.34. The van der Waals surface area contributed by atoms with Crippen molar-refractivity contribution >= 4 is 17.7 Å². The van der Waals surface area contributed by atoms with E-state index in [1.807, 2.05) is 0 Å². The summed E-state index contributed by atoms with van der Waals surface area (Å²) in [4.78, 5) is 43.2. The number of pyridine rings is 1. The molecule has 23 heavy (non-hydrogen) atoms. The molecule has 1 aliphatic heterocycles. The van der Waals surface area contributed by atoms with E-state index in [0.717, 1.165) is 0 Å². The first-order valence-electron chi connectivity index (χ1n) is 7.58. The zero-order valence-electron chi connectivity index (χ0n) is 13.5. The van der Waals surface area contributed by atoms with Crippen LogP contribution < -0.4 is 5.73 Å². The van der Waals surface area contributed by atoms with E-state index in [2.05, 4.69) is 4.98 Å². The number of primary amides is 1. The number of nitrogens with two attached hydrogens (primary N) is 1. The quantitative estimate of drug-likeness (QED) is 0.861. The Kier molecular flexibility index (Phi) is 4.98. The minimum Gasteiger partial charge on any atom is -0.369 e. The predicted octanol–water partition coefficient (Wildman–Crippen LogP) is 0.268. The molecule has 0 spiro atoms. The van der Waals surface area contributed by atoms with E-state index in [0.29, 0.717) is 31.7 Å². The topological polar surface area (TPSA) is 96.6 Å². The van der Waals surface area contributed by atoms with E-state index in [4.69, 9.17) is 5.73 Å². The van der Waals surface area contributed by atoms with Crippen LogP contribution in [0.5, 0.6) is 0 Å². The second kappa shape index (κ2) is 6.76. The van der Waals surface area contributed by atoms with E-state index in [1.165, 1.54) is 6.20 Å². The van der Waals surface area contributed by atoms with E-state index >= 15 is 0 Å². The number of hydrogen-bond acceptors (Lipinski definition) is 4. The average Bonchev–Trinajstić information content (AvgIpc) is 2.54. The van der Waals surface area contributed by atoms with Gasteiger partial charge in [0.2, 0.25) is 11.8 Å². The molecule has 2 rings (SSSR count). The van der Waals surface area contributed by atoms with Crippen LogP contribution in [0.15, 0.2) is 24.5 Å². The molecule has 1 aliphatic rings. The summed E-state index contributed by atoms with van der Waals surface area (Å²) in [7, 11) is 0. The monoisotopic (exact) mass is 318 g/mol. The third-order valence-corrected chi connectivity index (χ3v) is 4.09. The highest BCUT2D eigenvalue weighted by molar-refractivity contribution is 5.94.